The minimum atomic E-state index is 0.466. The van der Waals surface area contributed by atoms with Crippen LogP contribution >= 0.6 is 0 Å². The standard InChI is InChI=1S/C14H19N3O2/c1-10(2)8-18-5-6-19-14-12-7-11(15)3-4-13(12)16-9-17-14/h3-4,7,9-10H,5-6,8,15H2,1-2H3. The molecule has 0 saturated carbocycles. The van der Waals surface area contributed by atoms with Gasteiger partial charge in [-0.25, -0.2) is 9.97 Å². The van der Waals surface area contributed by atoms with E-state index < -0.39 is 0 Å². The average Bonchev–Trinajstić information content (AvgIpc) is 2.38. The van der Waals surface area contributed by atoms with Gasteiger partial charge in [-0.2, -0.15) is 0 Å². The molecule has 1 heterocycles. The van der Waals surface area contributed by atoms with Crippen LogP contribution in [0.1, 0.15) is 13.8 Å². The third-order valence-corrected chi connectivity index (χ3v) is 2.54. The maximum Gasteiger partial charge on any atom is 0.224 e. The number of fused-ring (bicyclic) bond motifs is 1. The highest BCUT2D eigenvalue weighted by molar-refractivity contribution is 5.86. The first-order valence-corrected chi connectivity index (χ1v) is 6.37. The number of nitrogens with two attached hydrogens (primary N) is 1. The normalized spacial score (nSPS) is 11.1. The topological polar surface area (TPSA) is 70.3 Å². The first-order chi connectivity index (χ1) is 9.16. The zero-order valence-electron chi connectivity index (χ0n) is 11.3. The van der Waals surface area contributed by atoms with Gasteiger partial charge in [-0.05, 0) is 24.1 Å². The van der Waals surface area contributed by atoms with E-state index in [1.54, 1.807) is 0 Å². The van der Waals surface area contributed by atoms with Crippen molar-refractivity contribution in [3.63, 3.8) is 0 Å². The molecule has 0 atom stereocenters. The van der Waals surface area contributed by atoms with Gasteiger partial charge in [0, 0.05) is 12.3 Å². The Bertz CT molecular complexity index is 543. The Morgan fingerprint density at radius 3 is 2.84 bits per heavy atom. The summed E-state index contributed by atoms with van der Waals surface area (Å²) in [4.78, 5) is 8.31. The summed E-state index contributed by atoms with van der Waals surface area (Å²) in [5.74, 6) is 1.07. The van der Waals surface area contributed by atoms with Crippen molar-refractivity contribution in [2.24, 2.45) is 5.92 Å². The lowest BCUT2D eigenvalue weighted by molar-refractivity contribution is 0.0811. The van der Waals surface area contributed by atoms with Crippen LogP contribution in [-0.2, 0) is 4.74 Å². The van der Waals surface area contributed by atoms with Gasteiger partial charge in [0.15, 0.2) is 0 Å². The smallest absolute Gasteiger partial charge is 0.224 e. The zero-order valence-corrected chi connectivity index (χ0v) is 11.3. The lowest BCUT2D eigenvalue weighted by atomic mass is 10.2. The largest absolute Gasteiger partial charge is 0.475 e. The molecule has 0 radical (unpaired) electrons. The van der Waals surface area contributed by atoms with Crippen LogP contribution in [0.25, 0.3) is 10.9 Å². The Labute approximate surface area is 112 Å². The van der Waals surface area contributed by atoms with Gasteiger partial charge in [0.05, 0.1) is 17.5 Å². The van der Waals surface area contributed by atoms with E-state index in [4.69, 9.17) is 15.2 Å². The van der Waals surface area contributed by atoms with Gasteiger partial charge >= 0.3 is 0 Å². The highest BCUT2D eigenvalue weighted by atomic mass is 16.5. The molecule has 102 valence electrons. The van der Waals surface area contributed by atoms with E-state index in [1.807, 2.05) is 18.2 Å². The number of hydrogen-bond donors (Lipinski definition) is 1. The zero-order chi connectivity index (χ0) is 13.7. The van der Waals surface area contributed by atoms with Crippen LogP contribution in [-0.4, -0.2) is 29.8 Å². The van der Waals surface area contributed by atoms with Crippen LogP contribution < -0.4 is 10.5 Å². The molecule has 5 nitrogen and oxygen atoms in total. The highest BCUT2D eigenvalue weighted by Crippen LogP contribution is 2.23. The lowest BCUT2D eigenvalue weighted by Gasteiger charge is -2.09. The fraction of sp³-hybridized carbons (Fsp3) is 0.429. The summed E-state index contributed by atoms with van der Waals surface area (Å²) in [7, 11) is 0. The van der Waals surface area contributed by atoms with E-state index in [-0.39, 0.29) is 0 Å². The Hall–Kier alpha value is -1.88. The van der Waals surface area contributed by atoms with Crippen molar-refractivity contribution in [2.75, 3.05) is 25.6 Å². The quantitative estimate of drug-likeness (QED) is 0.638. The molecule has 0 saturated heterocycles. The number of aromatic nitrogens is 2. The fourth-order valence-electron chi connectivity index (χ4n) is 1.68. The van der Waals surface area contributed by atoms with Crippen molar-refractivity contribution in [1.82, 2.24) is 9.97 Å². The highest BCUT2D eigenvalue weighted by Gasteiger charge is 2.05. The average molecular weight is 261 g/mol. The number of hydrogen-bond acceptors (Lipinski definition) is 5. The number of nitrogen functional groups attached to an aromatic ring is 1. The Kier molecular flexibility index (Phi) is 4.52. The van der Waals surface area contributed by atoms with E-state index in [0.717, 1.165) is 17.5 Å². The molecule has 2 rings (SSSR count). The Morgan fingerprint density at radius 1 is 1.21 bits per heavy atom. The maximum atomic E-state index is 5.77. The monoisotopic (exact) mass is 261 g/mol. The Morgan fingerprint density at radius 2 is 2.05 bits per heavy atom. The van der Waals surface area contributed by atoms with Crippen LogP contribution in [0.15, 0.2) is 24.5 Å². The molecule has 0 amide bonds. The molecule has 0 spiro atoms. The molecule has 5 heteroatoms. The molecule has 0 aliphatic heterocycles. The minimum absolute atomic E-state index is 0.466. The molecule has 1 aromatic heterocycles. The van der Waals surface area contributed by atoms with Crippen LogP contribution in [0.4, 0.5) is 5.69 Å². The summed E-state index contributed by atoms with van der Waals surface area (Å²) in [5, 5.41) is 0.825. The van der Waals surface area contributed by atoms with Gasteiger partial charge < -0.3 is 15.2 Å². The first kappa shape index (κ1) is 13.5. The molecule has 19 heavy (non-hydrogen) atoms. The van der Waals surface area contributed by atoms with Crippen molar-refractivity contribution in [3.8, 4) is 5.88 Å². The number of nitrogens with zero attached hydrogens (tertiary/aromatic N) is 2. The predicted molar refractivity (Wildman–Crippen MR) is 75.1 cm³/mol. The molecular formula is C14H19N3O2. The van der Waals surface area contributed by atoms with Crippen molar-refractivity contribution < 1.29 is 9.47 Å². The number of ether oxygens (including phenoxy) is 2. The molecule has 1 aromatic carbocycles. The molecule has 2 aromatic rings. The molecular weight excluding hydrogens is 242 g/mol. The molecule has 0 aliphatic carbocycles. The van der Waals surface area contributed by atoms with E-state index in [1.165, 1.54) is 6.33 Å². The van der Waals surface area contributed by atoms with Crippen LogP contribution in [0.2, 0.25) is 0 Å². The molecule has 0 unspecified atom stereocenters. The van der Waals surface area contributed by atoms with Gasteiger partial charge in [-0.15, -0.1) is 0 Å². The van der Waals surface area contributed by atoms with E-state index in [0.29, 0.717) is 30.7 Å². The van der Waals surface area contributed by atoms with Gasteiger partial charge in [-0.1, -0.05) is 13.8 Å². The lowest BCUT2D eigenvalue weighted by Crippen LogP contribution is -2.11. The Balaban J connectivity index is 1.98. The van der Waals surface area contributed by atoms with Crippen LogP contribution in [0.5, 0.6) is 5.88 Å². The second-order valence-corrected chi connectivity index (χ2v) is 4.77. The van der Waals surface area contributed by atoms with Crippen LogP contribution in [0, 0.1) is 5.92 Å². The second-order valence-electron chi connectivity index (χ2n) is 4.77. The number of anilines is 1. The van der Waals surface area contributed by atoms with Crippen molar-refractivity contribution in [2.45, 2.75) is 13.8 Å². The maximum absolute atomic E-state index is 5.77. The van der Waals surface area contributed by atoms with Gasteiger partial charge in [0.25, 0.3) is 0 Å². The first-order valence-electron chi connectivity index (χ1n) is 6.37. The summed E-state index contributed by atoms with van der Waals surface area (Å²) >= 11 is 0. The summed E-state index contributed by atoms with van der Waals surface area (Å²) in [6, 6.07) is 5.49. The summed E-state index contributed by atoms with van der Waals surface area (Å²) in [6.45, 7) is 5.98. The van der Waals surface area contributed by atoms with E-state index in [2.05, 4.69) is 23.8 Å². The van der Waals surface area contributed by atoms with Crippen molar-refractivity contribution >= 4 is 16.6 Å². The summed E-state index contributed by atoms with van der Waals surface area (Å²) in [5.41, 5.74) is 7.26. The predicted octanol–water partition coefficient (Wildman–Crippen LogP) is 2.26. The molecule has 2 N–H and O–H groups in total. The SMILES string of the molecule is CC(C)COCCOc1ncnc2ccc(N)cc12. The summed E-state index contributed by atoms with van der Waals surface area (Å²) < 4.78 is 11.1. The fourth-order valence-corrected chi connectivity index (χ4v) is 1.68. The van der Waals surface area contributed by atoms with Gasteiger partial charge in [-0.3, -0.25) is 0 Å². The molecule has 0 bridgehead atoms. The van der Waals surface area contributed by atoms with Gasteiger partial charge in [0.1, 0.15) is 12.9 Å². The third kappa shape index (κ3) is 3.79. The van der Waals surface area contributed by atoms with Crippen molar-refractivity contribution in [3.05, 3.63) is 24.5 Å². The second kappa shape index (κ2) is 6.33. The third-order valence-electron chi connectivity index (χ3n) is 2.54. The van der Waals surface area contributed by atoms with E-state index in [9.17, 15) is 0 Å². The van der Waals surface area contributed by atoms with E-state index >= 15 is 0 Å². The van der Waals surface area contributed by atoms with Crippen molar-refractivity contribution in [1.29, 1.82) is 0 Å². The minimum Gasteiger partial charge on any atom is -0.475 e. The molecule has 0 aliphatic rings. The number of rotatable bonds is 6. The summed E-state index contributed by atoms with van der Waals surface area (Å²) in [6.07, 6.45) is 1.49. The number of benzene rings is 1. The van der Waals surface area contributed by atoms with Gasteiger partial charge in [0.2, 0.25) is 5.88 Å². The van der Waals surface area contributed by atoms with Crippen LogP contribution in [0.3, 0.4) is 0 Å². The molecule has 0 fully saturated rings.